The standard InChI is InChI=1S/C22H26N4O4S2/c1-32(29)25-12-4-5-13-16(10-12)31-24-21(23-13)18-20(27)17-14-6-7-15(30-14)19(17)26(22(18)28)9-8-11-2-3-11/h4-5,10-11,14-15,17,19,25,27H,2-3,6-9H2,1H3,(H,23,24). The van der Waals surface area contributed by atoms with E-state index in [0.717, 1.165) is 35.8 Å². The molecule has 4 heterocycles. The first-order valence-corrected chi connectivity index (χ1v) is 13.5. The van der Waals surface area contributed by atoms with E-state index >= 15 is 0 Å². The maximum atomic E-state index is 13.7. The first kappa shape index (κ1) is 20.6. The molecule has 1 saturated carbocycles. The minimum Gasteiger partial charge on any atom is -0.511 e. The third-order valence-corrected chi connectivity index (χ3v) is 8.43. The number of aliphatic hydroxyl groups is 1. The highest BCUT2D eigenvalue weighted by atomic mass is 32.2. The van der Waals surface area contributed by atoms with Gasteiger partial charge < -0.3 is 24.2 Å². The van der Waals surface area contributed by atoms with Crippen LogP contribution in [0.25, 0.3) is 0 Å². The number of ether oxygens (including phenoxy) is 1. The van der Waals surface area contributed by atoms with Crippen molar-refractivity contribution in [3.8, 4) is 0 Å². The Morgan fingerprint density at radius 3 is 2.91 bits per heavy atom. The molecule has 4 aliphatic heterocycles. The van der Waals surface area contributed by atoms with Crippen molar-refractivity contribution in [2.24, 2.45) is 16.8 Å². The molecule has 1 aliphatic carbocycles. The van der Waals surface area contributed by atoms with Crippen molar-refractivity contribution in [1.29, 1.82) is 0 Å². The summed E-state index contributed by atoms with van der Waals surface area (Å²) in [6, 6.07) is 5.44. The zero-order valence-corrected chi connectivity index (χ0v) is 19.4. The lowest BCUT2D eigenvalue weighted by molar-refractivity contribution is -0.132. The molecule has 0 aromatic heterocycles. The molecule has 32 heavy (non-hydrogen) atoms. The lowest BCUT2D eigenvalue weighted by atomic mass is 9.78. The fraction of sp³-hybridized carbons (Fsp3) is 0.545. The Labute approximate surface area is 193 Å². The van der Waals surface area contributed by atoms with E-state index in [4.69, 9.17) is 4.74 Å². The fourth-order valence-corrected chi connectivity index (χ4v) is 6.63. The lowest BCUT2D eigenvalue weighted by Gasteiger charge is -2.42. The number of hydrogen-bond acceptors (Lipinski definition) is 7. The topological polar surface area (TPSA) is 103 Å². The van der Waals surface area contributed by atoms with Crippen molar-refractivity contribution in [2.45, 2.75) is 55.2 Å². The van der Waals surface area contributed by atoms with E-state index in [1.54, 1.807) is 6.26 Å². The number of amidine groups is 1. The molecule has 0 radical (unpaired) electrons. The summed E-state index contributed by atoms with van der Waals surface area (Å²) < 4.78 is 23.6. The van der Waals surface area contributed by atoms with Crippen LogP contribution in [0.5, 0.6) is 0 Å². The second kappa shape index (κ2) is 7.78. The third kappa shape index (κ3) is 3.43. The minimum absolute atomic E-state index is 0.0169. The number of aliphatic hydroxyl groups excluding tert-OH is 1. The minimum atomic E-state index is -1.16. The van der Waals surface area contributed by atoms with E-state index < -0.39 is 11.0 Å². The molecule has 6 rings (SSSR count). The van der Waals surface area contributed by atoms with E-state index in [9.17, 15) is 14.1 Å². The van der Waals surface area contributed by atoms with Gasteiger partial charge in [-0.3, -0.25) is 4.79 Å². The number of rotatable bonds is 6. The molecule has 3 N–H and O–H groups in total. The second-order valence-corrected chi connectivity index (χ2v) is 11.2. The molecule has 1 aromatic carbocycles. The van der Waals surface area contributed by atoms with Gasteiger partial charge in [0, 0.05) is 18.5 Å². The Balaban J connectivity index is 1.35. The Hall–Kier alpha value is -2.04. The van der Waals surface area contributed by atoms with E-state index in [-0.39, 0.29) is 41.4 Å². The molecular formula is C22H26N4O4S2. The first-order valence-electron chi connectivity index (χ1n) is 11.1. The van der Waals surface area contributed by atoms with Crippen LogP contribution in [0.15, 0.2) is 39.4 Å². The quantitative estimate of drug-likeness (QED) is 0.548. The molecule has 0 spiro atoms. The Kier molecular flexibility index (Phi) is 5.00. The zero-order valence-electron chi connectivity index (χ0n) is 17.7. The van der Waals surface area contributed by atoms with Crippen LogP contribution in [0.1, 0.15) is 32.1 Å². The van der Waals surface area contributed by atoms with Crippen LogP contribution < -0.4 is 9.44 Å². The molecule has 5 unspecified atom stereocenters. The lowest BCUT2D eigenvalue weighted by Crippen LogP contribution is -2.56. The number of fused-ring (bicyclic) bond motifs is 6. The van der Waals surface area contributed by atoms with Crippen molar-refractivity contribution in [3.05, 3.63) is 29.5 Å². The number of anilines is 1. The first-order chi connectivity index (χ1) is 15.5. The number of carbonyl (C=O) groups is 1. The van der Waals surface area contributed by atoms with Crippen molar-refractivity contribution in [2.75, 3.05) is 17.5 Å². The molecule has 3 fully saturated rings. The van der Waals surface area contributed by atoms with Gasteiger partial charge in [0.05, 0.1) is 34.8 Å². The summed E-state index contributed by atoms with van der Waals surface area (Å²) in [7, 11) is -1.16. The molecule has 8 nitrogen and oxygen atoms in total. The van der Waals surface area contributed by atoms with E-state index in [0.29, 0.717) is 18.1 Å². The molecule has 2 bridgehead atoms. The SMILES string of the molecule is CS(=O)Nc1ccc2c(c1)SNC(C1=C(O)C3C4CCC(O4)C3N(CCC3CC3)C1=O)=N2. The number of aliphatic imine (C=N–C) groups is 1. The van der Waals surface area contributed by atoms with Gasteiger partial charge in [0.2, 0.25) is 0 Å². The molecule has 170 valence electrons. The summed E-state index contributed by atoms with van der Waals surface area (Å²) in [6.07, 6.45) is 6.92. The number of benzene rings is 1. The van der Waals surface area contributed by atoms with Crippen LogP contribution in [0.3, 0.4) is 0 Å². The highest BCUT2D eigenvalue weighted by molar-refractivity contribution is 7.98. The number of nitrogens with zero attached hydrogens (tertiary/aromatic N) is 2. The van der Waals surface area contributed by atoms with Gasteiger partial charge in [0.15, 0.2) is 5.84 Å². The van der Waals surface area contributed by atoms with Gasteiger partial charge in [-0.25, -0.2) is 9.20 Å². The van der Waals surface area contributed by atoms with Crippen LogP contribution in [0.2, 0.25) is 0 Å². The van der Waals surface area contributed by atoms with E-state index in [1.165, 1.54) is 24.8 Å². The van der Waals surface area contributed by atoms with Crippen LogP contribution >= 0.6 is 11.9 Å². The van der Waals surface area contributed by atoms with Crippen LogP contribution in [-0.2, 0) is 20.5 Å². The normalized spacial score (nSPS) is 31.7. The molecule has 5 atom stereocenters. The predicted molar refractivity (Wildman–Crippen MR) is 124 cm³/mol. The number of amides is 1. The van der Waals surface area contributed by atoms with Gasteiger partial charge >= 0.3 is 0 Å². The zero-order chi connectivity index (χ0) is 22.0. The molecule has 1 aromatic rings. The van der Waals surface area contributed by atoms with Crippen molar-refractivity contribution >= 4 is 46.1 Å². The van der Waals surface area contributed by atoms with Crippen LogP contribution in [-0.4, -0.2) is 57.0 Å². The monoisotopic (exact) mass is 474 g/mol. The number of nitrogens with one attached hydrogen (secondary N) is 2. The largest absolute Gasteiger partial charge is 0.511 e. The third-order valence-electron chi connectivity index (χ3n) is 7.06. The van der Waals surface area contributed by atoms with Crippen molar-refractivity contribution in [1.82, 2.24) is 9.62 Å². The van der Waals surface area contributed by atoms with Crippen LogP contribution in [0.4, 0.5) is 11.4 Å². The second-order valence-electron chi connectivity index (χ2n) is 9.20. The average molecular weight is 475 g/mol. The number of hydrogen-bond donors (Lipinski definition) is 3. The Morgan fingerprint density at radius 1 is 1.31 bits per heavy atom. The summed E-state index contributed by atoms with van der Waals surface area (Å²) in [6.45, 7) is 0.703. The van der Waals surface area contributed by atoms with Gasteiger partial charge in [-0.1, -0.05) is 12.8 Å². The maximum absolute atomic E-state index is 13.7. The highest BCUT2D eigenvalue weighted by Crippen LogP contribution is 2.49. The Morgan fingerprint density at radius 2 is 2.12 bits per heavy atom. The molecule has 2 saturated heterocycles. The van der Waals surface area contributed by atoms with Gasteiger partial charge in [0.25, 0.3) is 5.91 Å². The van der Waals surface area contributed by atoms with E-state index in [1.807, 2.05) is 23.1 Å². The van der Waals surface area contributed by atoms with Gasteiger partial charge in [-0.15, -0.1) is 0 Å². The molecule has 5 aliphatic rings. The summed E-state index contributed by atoms with van der Waals surface area (Å²) in [5.41, 5.74) is 1.72. The summed E-state index contributed by atoms with van der Waals surface area (Å²) in [5, 5.41) is 11.3. The highest BCUT2D eigenvalue weighted by Gasteiger charge is 2.58. The van der Waals surface area contributed by atoms with Crippen molar-refractivity contribution < 1.29 is 18.8 Å². The maximum Gasteiger partial charge on any atom is 0.261 e. The summed E-state index contributed by atoms with van der Waals surface area (Å²) in [4.78, 5) is 21.2. The average Bonchev–Trinajstić information content (AvgIpc) is 3.36. The van der Waals surface area contributed by atoms with Gasteiger partial charge in [0.1, 0.15) is 22.3 Å². The molecule has 1 amide bonds. The van der Waals surface area contributed by atoms with E-state index in [2.05, 4.69) is 14.4 Å². The smallest absolute Gasteiger partial charge is 0.261 e. The summed E-state index contributed by atoms with van der Waals surface area (Å²) >= 11 is 1.34. The van der Waals surface area contributed by atoms with Crippen LogP contribution in [0, 0.1) is 11.8 Å². The summed E-state index contributed by atoms with van der Waals surface area (Å²) in [5.74, 6) is 0.891. The van der Waals surface area contributed by atoms with Gasteiger partial charge in [-0.05, 0) is 55.3 Å². The molecular weight excluding hydrogens is 448 g/mol. The molecule has 10 heteroatoms. The van der Waals surface area contributed by atoms with Crippen molar-refractivity contribution in [3.63, 3.8) is 0 Å². The fourth-order valence-electron chi connectivity index (χ4n) is 5.42. The predicted octanol–water partition coefficient (Wildman–Crippen LogP) is 3.03. The number of carbonyl (C=O) groups excluding carboxylic acids is 1. The Bertz CT molecular complexity index is 1070. The van der Waals surface area contributed by atoms with Gasteiger partial charge in [-0.2, -0.15) is 0 Å².